The summed E-state index contributed by atoms with van der Waals surface area (Å²) in [7, 11) is 0. The van der Waals surface area contributed by atoms with Crippen LogP contribution in [0.15, 0.2) is 109 Å². The molecule has 0 atom stereocenters. The Bertz CT molecular complexity index is 1840. The third-order valence-electron chi connectivity index (χ3n) is 6.97. The Labute approximate surface area is 204 Å². The van der Waals surface area contributed by atoms with E-state index < -0.39 is 0 Å². The average molecular weight is 467 g/mol. The molecule has 0 unspecified atom stereocenters. The molecule has 0 radical (unpaired) electrons. The quantitative estimate of drug-likeness (QED) is 0.222. The van der Waals surface area contributed by atoms with Gasteiger partial charge in [0, 0.05) is 29.9 Å². The lowest BCUT2D eigenvalue weighted by Gasteiger charge is -2.12. The molecule has 2 heteroatoms. The van der Waals surface area contributed by atoms with Gasteiger partial charge in [0.15, 0.2) is 0 Å². The summed E-state index contributed by atoms with van der Waals surface area (Å²) in [6.45, 7) is 0. The van der Waals surface area contributed by atoms with Crippen LogP contribution in [0.25, 0.3) is 73.4 Å². The molecule has 0 amide bonds. The highest BCUT2D eigenvalue weighted by Gasteiger charge is 2.17. The van der Waals surface area contributed by atoms with Crippen LogP contribution in [-0.4, -0.2) is 0 Å². The number of benzene rings is 6. The summed E-state index contributed by atoms with van der Waals surface area (Å²) >= 11 is 3.82. The van der Waals surface area contributed by atoms with Gasteiger partial charge in [-0.25, -0.2) is 0 Å². The molecule has 0 aliphatic carbocycles. The van der Waals surface area contributed by atoms with Gasteiger partial charge in [0.2, 0.25) is 0 Å². The van der Waals surface area contributed by atoms with E-state index in [1.807, 2.05) is 22.7 Å². The first-order chi connectivity index (χ1) is 16.8. The predicted octanol–water partition coefficient (Wildman–Crippen LogP) is 10.3. The topological polar surface area (TPSA) is 0 Å². The fourth-order valence-electron chi connectivity index (χ4n) is 5.44. The van der Waals surface area contributed by atoms with Gasteiger partial charge in [-0.3, -0.25) is 0 Å². The lowest BCUT2D eigenvalue weighted by molar-refractivity contribution is 1.70. The van der Waals surface area contributed by atoms with Gasteiger partial charge in [0.05, 0.1) is 0 Å². The van der Waals surface area contributed by atoms with Crippen molar-refractivity contribution in [3.63, 3.8) is 0 Å². The molecule has 0 saturated heterocycles. The van der Waals surface area contributed by atoms with Crippen molar-refractivity contribution in [2.75, 3.05) is 0 Å². The van der Waals surface area contributed by atoms with E-state index in [1.165, 1.54) is 73.4 Å². The van der Waals surface area contributed by atoms with Crippen LogP contribution >= 0.6 is 22.7 Å². The molecule has 0 bridgehead atoms. The summed E-state index contributed by atoms with van der Waals surface area (Å²) in [5.74, 6) is 0. The molecule has 0 nitrogen and oxygen atoms in total. The number of hydrogen-bond donors (Lipinski definition) is 0. The first-order valence-corrected chi connectivity index (χ1v) is 13.2. The Kier molecular flexibility index (Phi) is 3.79. The minimum atomic E-state index is 1.29. The van der Waals surface area contributed by atoms with E-state index in [4.69, 9.17) is 0 Å². The van der Waals surface area contributed by atoms with Crippen LogP contribution in [0.2, 0.25) is 0 Å². The van der Waals surface area contributed by atoms with E-state index in [0.717, 1.165) is 0 Å². The van der Waals surface area contributed by atoms with Crippen LogP contribution in [0.1, 0.15) is 0 Å². The minimum absolute atomic E-state index is 1.29. The maximum atomic E-state index is 2.38. The fourth-order valence-corrected chi connectivity index (χ4v) is 7.79. The molecule has 8 aromatic rings. The summed E-state index contributed by atoms with van der Waals surface area (Å²) in [4.78, 5) is 2.66. The van der Waals surface area contributed by atoms with Crippen LogP contribution in [0.5, 0.6) is 0 Å². The SMILES string of the molecule is c1ccc(-c2cc3cc4ccc5c6sc(-c7ccccc7)cc6cc6ccc(c3s2)c4c65)cc1. The van der Waals surface area contributed by atoms with Crippen LogP contribution in [0, 0.1) is 0 Å². The van der Waals surface area contributed by atoms with Crippen molar-refractivity contribution in [1.29, 1.82) is 0 Å². The van der Waals surface area contributed by atoms with Crippen molar-refractivity contribution in [1.82, 2.24) is 0 Å². The summed E-state index contributed by atoms with van der Waals surface area (Å²) < 4.78 is 2.77. The van der Waals surface area contributed by atoms with Crippen LogP contribution < -0.4 is 0 Å². The largest absolute Gasteiger partial charge is 0.135 e. The Morgan fingerprint density at radius 3 is 1.26 bits per heavy atom. The third-order valence-corrected chi connectivity index (χ3v) is 9.44. The van der Waals surface area contributed by atoms with E-state index in [2.05, 4.69) is 109 Å². The fraction of sp³-hybridized carbons (Fsp3) is 0. The zero-order valence-electron chi connectivity index (χ0n) is 18.2. The summed E-state index contributed by atoms with van der Waals surface area (Å²) in [6.07, 6.45) is 0. The molecule has 2 aromatic heterocycles. The monoisotopic (exact) mass is 466 g/mol. The van der Waals surface area contributed by atoms with E-state index in [9.17, 15) is 0 Å². The summed E-state index contributed by atoms with van der Waals surface area (Å²) in [6, 6.07) is 40.3. The number of fused-ring (bicyclic) bond motifs is 4. The van der Waals surface area contributed by atoms with Crippen molar-refractivity contribution < 1.29 is 0 Å². The van der Waals surface area contributed by atoms with E-state index >= 15 is 0 Å². The van der Waals surface area contributed by atoms with Gasteiger partial charge in [-0.15, -0.1) is 22.7 Å². The van der Waals surface area contributed by atoms with Crippen molar-refractivity contribution in [2.45, 2.75) is 0 Å². The lowest BCUT2D eigenvalue weighted by atomic mass is 9.92. The molecule has 0 spiro atoms. The third kappa shape index (κ3) is 2.58. The molecule has 0 saturated carbocycles. The zero-order chi connectivity index (χ0) is 22.2. The summed E-state index contributed by atoms with van der Waals surface area (Å²) in [5.41, 5.74) is 2.58. The predicted molar refractivity (Wildman–Crippen MR) is 152 cm³/mol. The Morgan fingerprint density at radius 2 is 0.824 bits per heavy atom. The number of rotatable bonds is 2. The van der Waals surface area contributed by atoms with E-state index in [-0.39, 0.29) is 0 Å². The maximum absolute atomic E-state index is 2.38. The highest BCUT2D eigenvalue weighted by atomic mass is 32.1. The van der Waals surface area contributed by atoms with Gasteiger partial charge in [-0.05, 0) is 67.7 Å². The van der Waals surface area contributed by atoms with Crippen molar-refractivity contribution in [2.24, 2.45) is 0 Å². The molecule has 0 aliphatic rings. The number of thiophene rings is 2. The average Bonchev–Trinajstić information content (AvgIpc) is 3.52. The molecule has 0 aliphatic heterocycles. The second-order valence-electron chi connectivity index (χ2n) is 8.97. The Morgan fingerprint density at radius 1 is 0.382 bits per heavy atom. The molecule has 2 heterocycles. The molecule has 8 rings (SSSR count). The van der Waals surface area contributed by atoms with Gasteiger partial charge in [0.1, 0.15) is 0 Å². The van der Waals surface area contributed by atoms with Gasteiger partial charge in [-0.2, -0.15) is 0 Å². The van der Waals surface area contributed by atoms with Crippen molar-refractivity contribution in [3.8, 4) is 20.9 Å². The highest BCUT2D eigenvalue weighted by Crippen LogP contribution is 2.46. The first-order valence-electron chi connectivity index (χ1n) is 11.5. The normalized spacial score (nSPS) is 12.1. The maximum Gasteiger partial charge on any atom is 0.0428 e. The molecule has 6 aromatic carbocycles. The first kappa shape index (κ1) is 18.7. The molecule has 34 heavy (non-hydrogen) atoms. The molecule has 0 fully saturated rings. The molecular formula is C32H18S2. The molecule has 158 valence electrons. The van der Waals surface area contributed by atoms with Gasteiger partial charge >= 0.3 is 0 Å². The molecular weight excluding hydrogens is 448 g/mol. The standard InChI is InChI=1S/C32H18S2/c1-3-7-19(8-4-1)27-17-23-15-21-12-14-26-30-22(11-13-25(29(21)30)31(23)33-27)16-24-18-28(34-32(24)26)20-9-5-2-6-10-20/h1-18H. The second kappa shape index (κ2) is 6.89. The van der Waals surface area contributed by atoms with Crippen LogP contribution in [0.4, 0.5) is 0 Å². The van der Waals surface area contributed by atoms with Gasteiger partial charge in [0.25, 0.3) is 0 Å². The van der Waals surface area contributed by atoms with Crippen molar-refractivity contribution >= 4 is 75.2 Å². The Hall–Kier alpha value is -3.72. The highest BCUT2D eigenvalue weighted by molar-refractivity contribution is 7.23. The smallest absolute Gasteiger partial charge is 0.0428 e. The van der Waals surface area contributed by atoms with Crippen LogP contribution in [0.3, 0.4) is 0 Å². The van der Waals surface area contributed by atoms with E-state index in [1.54, 1.807) is 0 Å². The zero-order valence-corrected chi connectivity index (χ0v) is 19.8. The minimum Gasteiger partial charge on any atom is -0.135 e. The van der Waals surface area contributed by atoms with Gasteiger partial charge in [-0.1, -0.05) is 84.9 Å². The lowest BCUT2D eigenvalue weighted by Crippen LogP contribution is -1.84. The van der Waals surface area contributed by atoms with Crippen LogP contribution in [-0.2, 0) is 0 Å². The summed E-state index contributed by atoms with van der Waals surface area (Å²) in [5, 5.41) is 10.9. The van der Waals surface area contributed by atoms with Crippen molar-refractivity contribution in [3.05, 3.63) is 109 Å². The van der Waals surface area contributed by atoms with Gasteiger partial charge < -0.3 is 0 Å². The Balaban J connectivity index is 1.46. The number of hydrogen-bond acceptors (Lipinski definition) is 2. The molecule has 0 N–H and O–H groups in total. The second-order valence-corrected chi connectivity index (χ2v) is 11.1. The van der Waals surface area contributed by atoms with E-state index in [0.29, 0.717) is 0 Å².